The standard InChI is InChI=1S/C10H8N2O2S/c13-15(14,9-4-2-1-3-5-9)10-8-11-6-7-12-10/h1-8H. The van der Waals surface area contributed by atoms with Crippen LogP contribution >= 0.6 is 0 Å². The second-order valence-corrected chi connectivity index (χ2v) is 4.76. The second-order valence-electron chi connectivity index (χ2n) is 2.86. The highest BCUT2D eigenvalue weighted by Gasteiger charge is 2.18. The third kappa shape index (κ3) is 1.87. The van der Waals surface area contributed by atoms with Crippen molar-refractivity contribution in [1.82, 2.24) is 9.97 Å². The summed E-state index contributed by atoms with van der Waals surface area (Å²) in [5.41, 5.74) is 0. The van der Waals surface area contributed by atoms with Crippen molar-refractivity contribution < 1.29 is 8.42 Å². The summed E-state index contributed by atoms with van der Waals surface area (Å²) < 4.78 is 23.9. The lowest BCUT2D eigenvalue weighted by molar-refractivity contribution is 0.591. The highest BCUT2D eigenvalue weighted by molar-refractivity contribution is 7.91. The topological polar surface area (TPSA) is 59.9 Å². The van der Waals surface area contributed by atoms with Crippen molar-refractivity contribution in [3.8, 4) is 0 Å². The van der Waals surface area contributed by atoms with Crippen molar-refractivity contribution >= 4 is 9.84 Å². The van der Waals surface area contributed by atoms with Gasteiger partial charge in [0, 0.05) is 12.4 Å². The first-order chi connectivity index (χ1) is 7.21. The molecule has 15 heavy (non-hydrogen) atoms. The Hall–Kier alpha value is -1.75. The van der Waals surface area contributed by atoms with Crippen molar-refractivity contribution in [1.29, 1.82) is 0 Å². The molecular weight excluding hydrogens is 212 g/mol. The van der Waals surface area contributed by atoms with Crippen molar-refractivity contribution in [2.24, 2.45) is 0 Å². The molecule has 0 N–H and O–H groups in total. The van der Waals surface area contributed by atoms with Crippen LogP contribution in [0, 0.1) is 0 Å². The van der Waals surface area contributed by atoms with Gasteiger partial charge in [-0.3, -0.25) is 4.98 Å². The molecule has 0 aliphatic carbocycles. The van der Waals surface area contributed by atoms with E-state index in [2.05, 4.69) is 9.97 Å². The van der Waals surface area contributed by atoms with E-state index in [4.69, 9.17) is 0 Å². The number of aromatic nitrogens is 2. The van der Waals surface area contributed by atoms with Crippen molar-refractivity contribution in [2.75, 3.05) is 0 Å². The molecule has 0 aliphatic rings. The molecule has 76 valence electrons. The van der Waals surface area contributed by atoms with Crippen LogP contribution in [0.3, 0.4) is 0 Å². The van der Waals surface area contributed by atoms with Crippen LogP contribution in [0.5, 0.6) is 0 Å². The molecule has 2 rings (SSSR count). The van der Waals surface area contributed by atoms with Crippen molar-refractivity contribution in [3.63, 3.8) is 0 Å². The lowest BCUT2D eigenvalue weighted by atomic mass is 10.4. The van der Waals surface area contributed by atoms with E-state index < -0.39 is 9.84 Å². The molecular formula is C10H8N2O2S. The molecule has 0 bridgehead atoms. The van der Waals surface area contributed by atoms with Crippen LogP contribution in [0.4, 0.5) is 0 Å². The summed E-state index contributed by atoms with van der Waals surface area (Å²) >= 11 is 0. The van der Waals surface area contributed by atoms with Gasteiger partial charge in [0.25, 0.3) is 0 Å². The number of sulfone groups is 1. The Morgan fingerprint density at radius 3 is 2.33 bits per heavy atom. The van der Waals surface area contributed by atoms with Gasteiger partial charge in [-0.25, -0.2) is 13.4 Å². The fourth-order valence-corrected chi connectivity index (χ4v) is 2.30. The summed E-state index contributed by atoms with van der Waals surface area (Å²) in [5, 5.41) is -0.0313. The molecule has 0 amide bonds. The Bertz CT molecular complexity index is 493. The van der Waals surface area contributed by atoms with Crippen LogP contribution in [0.2, 0.25) is 0 Å². The molecule has 0 saturated carbocycles. The van der Waals surface area contributed by atoms with Crippen LogP contribution in [0.25, 0.3) is 0 Å². The van der Waals surface area contributed by atoms with Crippen LogP contribution in [-0.4, -0.2) is 18.4 Å². The highest BCUT2D eigenvalue weighted by atomic mass is 32.2. The third-order valence-electron chi connectivity index (χ3n) is 1.87. The average Bonchev–Trinajstić information content (AvgIpc) is 2.31. The van der Waals surface area contributed by atoms with E-state index in [0.717, 1.165) is 0 Å². The molecule has 0 atom stereocenters. The number of hydrogen-bond acceptors (Lipinski definition) is 4. The maximum Gasteiger partial charge on any atom is 0.225 e. The normalized spacial score (nSPS) is 11.2. The summed E-state index contributed by atoms with van der Waals surface area (Å²) in [6.07, 6.45) is 4.03. The lowest BCUT2D eigenvalue weighted by Crippen LogP contribution is -2.04. The monoisotopic (exact) mass is 220 g/mol. The van der Waals surface area contributed by atoms with Gasteiger partial charge in [-0.05, 0) is 12.1 Å². The van der Waals surface area contributed by atoms with Crippen molar-refractivity contribution in [3.05, 3.63) is 48.9 Å². The molecule has 1 aromatic heterocycles. The molecule has 0 unspecified atom stereocenters. The molecule has 0 aliphatic heterocycles. The molecule has 0 saturated heterocycles. The van der Waals surface area contributed by atoms with Gasteiger partial charge in [-0.1, -0.05) is 18.2 Å². The van der Waals surface area contributed by atoms with Gasteiger partial charge >= 0.3 is 0 Å². The Balaban J connectivity index is 2.55. The van der Waals surface area contributed by atoms with Gasteiger partial charge in [-0.2, -0.15) is 0 Å². The minimum atomic E-state index is -3.51. The van der Waals surface area contributed by atoms with Gasteiger partial charge in [0.1, 0.15) is 0 Å². The van der Waals surface area contributed by atoms with E-state index in [1.54, 1.807) is 18.2 Å². The van der Waals surface area contributed by atoms with Gasteiger partial charge < -0.3 is 0 Å². The summed E-state index contributed by atoms with van der Waals surface area (Å²) in [5.74, 6) is 0. The number of hydrogen-bond donors (Lipinski definition) is 0. The summed E-state index contributed by atoms with van der Waals surface area (Å²) in [6.45, 7) is 0. The van der Waals surface area contributed by atoms with Crippen LogP contribution in [0.15, 0.2) is 58.8 Å². The van der Waals surface area contributed by atoms with E-state index in [0.29, 0.717) is 0 Å². The summed E-state index contributed by atoms with van der Waals surface area (Å²) in [6, 6.07) is 8.16. The van der Waals surface area contributed by atoms with E-state index in [1.165, 1.54) is 30.7 Å². The Kier molecular flexibility index (Phi) is 2.47. The zero-order chi connectivity index (χ0) is 10.7. The zero-order valence-electron chi connectivity index (χ0n) is 7.74. The summed E-state index contributed by atoms with van der Waals surface area (Å²) in [4.78, 5) is 7.74. The van der Waals surface area contributed by atoms with E-state index >= 15 is 0 Å². The molecule has 0 fully saturated rings. The molecule has 0 spiro atoms. The SMILES string of the molecule is O=S(=O)(c1ccccc1)c1cnccn1. The smallest absolute Gasteiger partial charge is 0.225 e. The maximum atomic E-state index is 11.9. The van der Waals surface area contributed by atoms with E-state index in [1.807, 2.05) is 0 Å². The van der Waals surface area contributed by atoms with Gasteiger partial charge in [0.05, 0.1) is 11.1 Å². The second kappa shape index (κ2) is 3.78. The Morgan fingerprint density at radius 1 is 1.00 bits per heavy atom. The predicted octanol–water partition coefficient (Wildman–Crippen LogP) is 1.31. The maximum absolute atomic E-state index is 11.9. The highest BCUT2D eigenvalue weighted by Crippen LogP contribution is 2.16. The van der Waals surface area contributed by atoms with Gasteiger partial charge in [0.15, 0.2) is 5.03 Å². The van der Waals surface area contributed by atoms with E-state index in [-0.39, 0.29) is 9.92 Å². The fraction of sp³-hybridized carbons (Fsp3) is 0. The average molecular weight is 220 g/mol. The largest absolute Gasteiger partial charge is 0.260 e. The molecule has 2 aromatic rings. The Labute approximate surface area is 87.6 Å². The van der Waals surface area contributed by atoms with Gasteiger partial charge in [0.2, 0.25) is 9.84 Å². The molecule has 0 radical (unpaired) electrons. The van der Waals surface area contributed by atoms with Crippen LogP contribution in [0.1, 0.15) is 0 Å². The fourth-order valence-electron chi connectivity index (χ4n) is 1.14. The third-order valence-corrected chi connectivity index (χ3v) is 3.52. The van der Waals surface area contributed by atoms with Gasteiger partial charge in [-0.15, -0.1) is 0 Å². The first-order valence-electron chi connectivity index (χ1n) is 4.27. The van der Waals surface area contributed by atoms with Crippen LogP contribution in [-0.2, 0) is 9.84 Å². The zero-order valence-corrected chi connectivity index (χ0v) is 8.55. The predicted molar refractivity (Wildman–Crippen MR) is 53.9 cm³/mol. The number of rotatable bonds is 2. The number of benzene rings is 1. The quantitative estimate of drug-likeness (QED) is 0.765. The lowest BCUT2D eigenvalue weighted by Gasteiger charge is -2.01. The first-order valence-corrected chi connectivity index (χ1v) is 5.76. The van der Waals surface area contributed by atoms with E-state index in [9.17, 15) is 8.42 Å². The Morgan fingerprint density at radius 2 is 1.73 bits per heavy atom. The number of nitrogens with zero attached hydrogens (tertiary/aromatic N) is 2. The summed E-state index contributed by atoms with van der Waals surface area (Å²) in [7, 11) is -3.51. The first kappa shape index (κ1) is 9.79. The molecule has 5 heteroatoms. The van der Waals surface area contributed by atoms with Crippen molar-refractivity contribution in [2.45, 2.75) is 9.92 Å². The minimum absolute atomic E-state index is 0.0313. The minimum Gasteiger partial charge on any atom is -0.260 e. The molecule has 1 aromatic carbocycles. The molecule has 4 nitrogen and oxygen atoms in total. The molecule has 1 heterocycles. The van der Waals surface area contributed by atoms with Crippen LogP contribution < -0.4 is 0 Å².